The van der Waals surface area contributed by atoms with E-state index in [1.54, 1.807) is 30.0 Å². The van der Waals surface area contributed by atoms with Crippen LogP contribution in [0.2, 0.25) is 0 Å². The minimum absolute atomic E-state index is 0.285. The van der Waals surface area contributed by atoms with Gasteiger partial charge in [-0.25, -0.2) is 4.39 Å². The highest BCUT2D eigenvalue weighted by Gasteiger charge is 2.08. The predicted octanol–water partition coefficient (Wildman–Crippen LogP) is 3.59. The molecule has 2 aromatic carbocycles. The zero-order chi connectivity index (χ0) is 13.7. The zero-order valence-electron chi connectivity index (χ0n) is 10.7. The normalized spacial score (nSPS) is 10.5. The van der Waals surface area contributed by atoms with Gasteiger partial charge in [0.15, 0.2) is 11.6 Å². The van der Waals surface area contributed by atoms with Crippen molar-refractivity contribution < 1.29 is 9.13 Å². The SMILES string of the molecule is COc1cccc(CSc2cccc(CN)c2)c1F. The molecule has 2 nitrogen and oxygen atoms in total. The van der Waals surface area contributed by atoms with Gasteiger partial charge in [-0.1, -0.05) is 24.3 Å². The van der Waals surface area contributed by atoms with Crippen LogP contribution in [-0.2, 0) is 12.3 Å². The average Bonchev–Trinajstić information content (AvgIpc) is 2.46. The maximum absolute atomic E-state index is 14.0. The van der Waals surface area contributed by atoms with E-state index in [1.807, 2.05) is 24.3 Å². The number of rotatable bonds is 5. The summed E-state index contributed by atoms with van der Waals surface area (Å²) in [4.78, 5) is 1.09. The van der Waals surface area contributed by atoms with Crippen molar-refractivity contribution in [2.75, 3.05) is 7.11 Å². The Balaban J connectivity index is 2.10. The second kappa shape index (κ2) is 6.59. The van der Waals surface area contributed by atoms with Crippen LogP contribution in [-0.4, -0.2) is 7.11 Å². The van der Waals surface area contributed by atoms with Crippen LogP contribution in [0.4, 0.5) is 4.39 Å². The minimum atomic E-state index is -0.285. The average molecular weight is 277 g/mol. The largest absolute Gasteiger partial charge is 0.494 e. The molecule has 0 aliphatic rings. The molecule has 4 heteroatoms. The van der Waals surface area contributed by atoms with E-state index in [1.165, 1.54) is 7.11 Å². The summed E-state index contributed by atoms with van der Waals surface area (Å²) >= 11 is 1.59. The van der Waals surface area contributed by atoms with Gasteiger partial charge in [-0.15, -0.1) is 11.8 Å². The van der Waals surface area contributed by atoms with Crippen molar-refractivity contribution in [1.82, 2.24) is 0 Å². The van der Waals surface area contributed by atoms with Crippen molar-refractivity contribution in [2.45, 2.75) is 17.2 Å². The molecule has 0 fully saturated rings. The van der Waals surface area contributed by atoms with Crippen molar-refractivity contribution in [3.8, 4) is 5.75 Å². The van der Waals surface area contributed by atoms with Gasteiger partial charge in [-0.05, 0) is 23.8 Å². The molecule has 0 unspecified atom stereocenters. The summed E-state index contributed by atoms with van der Waals surface area (Å²) < 4.78 is 18.9. The Morgan fingerprint density at radius 2 is 2.00 bits per heavy atom. The van der Waals surface area contributed by atoms with Gasteiger partial charge in [0.25, 0.3) is 0 Å². The summed E-state index contributed by atoms with van der Waals surface area (Å²) in [6.45, 7) is 0.516. The van der Waals surface area contributed by atoms with Crippen molar-refractivity contribution >= 4 is 11.8 Å². The first kappa shape index (κ1) is 13.9. The van der Waals surface area contributed by atoms with E-state index in [0.717, 1.165) is 10.5 Å². The first-order valence-corrected chi connectivity index (χ1v) is 6.96. The van der Waals surface area contributed by atoms with Crippen LogP contribution in [0.25, 0.3) is 0 Å². The number of nitrogens with two attached hydrogens (primary N) is 1. The fourth-order valence-corrected chi connectivity index (χ4v) is 2.70. The second-order valence-electron chi connectivity index (χ2n) is 4.07. The Morgan fingerprint density at radius 1 is 1.21 bits per heavy atom. The number of halogens is 1. The molecule has 0 aromatic heterocycles. The fourth-order valence-electron chi connectivity index (χ4n) is 1.75. The number of hydrogen-bond donors (Lipinski definition) is 1. The molecule has 0 saturated heterocycles. The number of methoxy groups -OCH3 is 1. The molecule has 0 amide bonds. The minimum Gasteiger partial charge on any atom is -0.494 e. The standard InChI is InChI=1S/C15H16FNOS/c1-18-14-7-3-5-12(15(14)16)10-19-13-6-2-4-11(8-13)9-17/h2-8H,9-10,17H2,1H3. The molecule has 0 aliphatic carbocycles. The quantitative estimate of drug-likeness (QED) is 0.848. The third-order valence-corrected chi connectivity index (χ3v) is 3.83. The van der Waals surface area contributed by atoms with Gasteiger partial charge >= 0.3 is 0 Å². The molecular weight excluding hydrogens is 261 g/mol. The molecule has 2 N–H and O–H groups in total. The summed E-state index contributed by atoms with van der Waals surface area (Å²) in [5.74, 6) is 0.568. The van der Waals surface area contributed by atoms with Gasteiger partial charge in [-0.3, -0.25) is 0 Å². The summed E-state index contributed by atoms with van der Waals surface area (Å²) in [7, 11) is 1.47. The van der Waals surface area contributed by atoms with E-state index < -0.39 is 0 Å². The zero-order valence-corrected chi connectivity index (χ0v) is 11.5. The van der Waals surface area contributed by atoms with Crippen LogP contribution in [0.3, 0.4) is 0 Å². The fraction of sp³-hybridized carbons (Fsp3) is 0.200. The smallest absolute Gasteiger partial charge is 0.169 e. The monoisotopic (exact) mass is 277 g/mol. The van der Waals surface area contributed by atoms with Crippen molar-refractivity contribution in [3.05, 3.63) is 59.4 Å². The number of benzene rings is 2. The van der Waals surface area contributed by atoms with E-state index >= 15 is 0 Å². The summed E-state index contributed by atoms with van der Waals surface area (Å²) in [5.41, 5.74) is 7.32. The molecule has 0 radical (unpaired) electrons. The van der Waals surface area contributed by atoms with E-state index in [2.05, 4.69) is 0 Å². The highest BCUT2D eigenvalue weighted by atomic mass is 32.2. The van der Waals surface area contributed by atoms with Crippen molar-refractivity contribution in [2.24, 2.45) is 5.73 Å². The Morgan fingerprint density at radius 3 is 2.74 bits per heavy atom. The summed E-state index contributed by atoms with van der Waals surface area (Å²) in [6.07, 6.45) is 0. The maximum Gasteiger partial charge on any atom is 0.169 e. The lowest BCUT2D eigenvalue weighted by atomic mass is 10.2. The van der Waals surface area contributed by atoms with Crippen molar-refractivity contribution in [3.63, 3.8) is 0 Å². The van der Waals surface area contributed by atoms with Gasteiger partial charge in [0.1, 0.15) is 0 Å². The van der Waals surface area contributed by atoms with Crippen LogP contribution in [0.1, 0.15) is 11.1 Å². The Hall–Kier alpha value is -1.52. The molecule has 0 saturated carbocycles. The molecule has 0 heterocycles. The third kappa shape index (κ3) is 3.49. The number of thioether (sulfide) groups is 1. The van der Waals surface area contributed by atoms with E-state index in [4.69, 9.17) is 10.5 Å². The van der Waals surface area contributed by atoms with Gasteiger partial charge in [0, 0.05) is 22.8 Å². The van der Waals surface area contributed by atoms with Gasteiger partial charge < -0.3 is 10.5 Å². The summed E-state index contributed by atoms with van der Waals surface area (Å²) in [5, 5.41) is 0. The Labute approximate surface area is 116 Å². The van der Waals surface area contributed by atoms with Crippen LogP contribution >= 0.6 is 11.8 Å². The van der Waals surface area contributed by atoms with Crippen LogP contribution < -0.4 is 10.5 Å². The molecule has 0 bridgehead atoms. The lowest BCUT2D eigenvalue weighted by molar-refractivity contribution is 0.385. The van der Waals surface area contributed by atoms with Crippen LogP contribution in [0, 0.1) is 5.82 Å². The molecule has 0 spiro atoms. The van der Waals surface area contributed by atoms with Gasteiger partial charge in [0.2, 0.25) is 0 Å². The van der Waals surface area contributed by atoms with E-state index in [-0.39, 0.29) is 11.6 Å². The molecule has 2 aromatic rings. The number of hydrogen-bond acceptors (Lipinski definition) is 3. The predicted molar refractivity (Wildman–Crippen MR) is 76.8 cm³/mol. The van der Waals surface area contributed by atoms with Gasteiger partial charge in [0.05, 0.1) is 7.11 Å². The molecule has 0 atom stereocenters. The molecule has 19 heavy (non-hydrogen) atoms. The maximum atomic E-state index is 14.0. The summed E-state index contributed by atoms with van der Waals surface area (Å²) in [6, 6.07) is 13.2. The highest BCUT2D eigenvalue weighted by molar-refractivity contribution is 7.98. The lowest BCUT2D eigenvalue weighted by Crippen LogP contribution is -1.96. The molecule has 100 valence electrons. The van der Waals surface area contributed by atoms with E-state index in [0.29, 0.717) is 17.9 Å². The van der Waals surface area contributed by atoms with Gasteiger partial charge in [-0.2, -0.15) is 0 Å². The number of ether oxygens (including phenoxy) is 1. The Bertz CT molecular complexity index is 560. The highest BCUT2D eigenvalue weighted by Crippen LogP contribution is 2.28. The van der Waals surface area contributed by atoms with E-state index in [9.17, 15) is 4.39 Å². The first-order chi connectivity index (χ1) is 9.24. The first-order valence-electron chi connectivity index (χ1n) is 5.97. The van der Waals surface area contributed by atoms with Crippen LogP contribution in [0.5, 0.6) is 5.75 Å². The molecule has 2 rings (SSSR count). The lowest BCUT2D eigenvalue weighted by Gasteiger charge is -2.07. The molecular formula is C15H16FNOS. The van der Waals surface area contributed by atoms with Crippen molar-refractivity contribution in [1.29, 1.82) is 0 Å². The molecule has 0 aliphatic heterocycles. The topological polar surface area (TPSA) is 35.2 Å². The third-order valence-electron chi connectivity index (χ3n) is 2.79. The second-order valence-corrected chi connectivity index (χ2v) is 5.12. The Kier molecular flexibility index (Phi) is 4.82. The van der Waals surface area contributed by atoms with Crippen LogP contribution in [0.15, 0.2) is 47.4 Å².